The van der Waals surface area contributed by atoms with E-state index in [-0.39, 0.29) is 21.9 Å². The Labute approximate surface area is 147 Å². The molecule has 24 heavy (non-hydrogen) atoms. The van der Waals surface area contributed by atoms with Crippen molar-refractivity contribution in [3.63, 3.8) is 0 Å². The molecule has 1 aliphatic heterocycles. The van der Waals surface area contributed by atoms with Gasteiger partial charge in [-0.25, -0.2) is 4.39 Å². The van der Waals surface area contributed by atoms with E-state index in [2.05, 4.69) is 0 Å². The highest BCUT2D eigenvalue weighted by Gasteiger charge is 2.27. The summed E-state index contributed by atoms with van der Waals surface area (Å²) >= 11 is 5.98. The Kier molecular flexibility index (Phi) is 5.86. The van der Waals surface area contributed by atoms with Crippen LogP contribution in [0.4, 0.5) is 4.39 Å². The van der Waals surface area contributed by atoms with Gasteiger partial charge in [0.15, 0.2) is 0 Å². The molecule has 1 aliphatic rings. The summed E-state index contributed by atoms with van der Waals surface area (Å²) in [7, 11) is 0. The summed E-state index contributed by atoms with van der Waals surface area (Å²) in [6, 6.07) is 4.22. The zero-order chi connectivity index (χ0) is 17.9. The lowest BCUT2D eigenvalue weighted by Crippen LogP contribution is -2.38. The minimum absolute atomic E-state index is 0.0699. The molecule has 0 aromatic heterocycles. The first kappa shape index (κ1) is 18.7. The summed E-state index contributed by atoms with van der Waals surface area (Å²) in [6.45, 7) is 8.04. The summed E-state index contributed by atoms with van der Waals surface area (Å²) in [5.41, 5.74) is -0.159. The predicted molar refractivity (Wildman–Crippen MR) is 92.6 cm³/mol. The second-order valence-electron chi connectivity index (χ2n) is 7.36. The summed E-state index contributed by atoms with van der Waals surface area (Å²) < 4.78 is 14.0. The highest BCUT2D eigenvalue weighted by atomic mass is 35.5. The molecule has 6 heteroatoms. The van der Waals surface area contributed by atoms with Crippen LogP contribution in [0.1, 0.15) is 44.0 Å². The van der Waals surface area contributed by atoms with E-state index in [4.69, 9.17) is 11.6 Å². The molecular weight excluding hydrogens is 331 g/mol. The van der Waals surface area contributed by atoms with Crippen LogP contribution in [0.15, 0.2) is 18.2 Å². The SMILES string of the molecule is CC(C)(C)CC(=O)N1CCCN(C(=O)c2c(F)cccc2Cl)CC1. The van der Waals surface area contributed by atoms with Gasteiger partial charge in [0, 0.05) is 32.6 Å². The number of halogens is 2. The fraction of sp³-hybridized carbons (Fsp3) is 0.556. The molecule has 2 amide bonds. The summed E-state index contributed by atoms with van der Waals surface area (Å²) in [5.74, 6) is -0.929. The topological polar surface area (TPSA) is 40.6 Å². The molecular formula is C18H24ClFN2O2. The summed E-state index contributed by atoms with van der Waals surface area (Å²) in [4.78, 5) is 28.3. The Morgan fingerprint density at radius 3 is 2.38 bits per heavy atom. The fourth-order valence-electron chi connectivity index (χ4n) is 2.80. The van der Waals surface area contributed by atoms with Crippen LogP contribution in [0.2, 0.25) is 5.02 Å². The van der Waals surface area contributed by atoms with Gasteiger partial charge in [-0.15, -0.1) is 0 Å². The molecule has 1 saturated heterocycles. The van der Waals surface area contributed by atoms with Crippen molar-refractivity contribution < 1.29 is 14.0 Å². The molecule has 0 aliphatic carbocycles. The van der Waals surface area contributed by atoms with Crippen LogP contribution in [0.5, 0.6) is 0 Å². The van der Waals surface area contributed by atoms with Crippen LogP contribution in [0, 0.1) is 11.2 Å². The van der Waals surface area contributed by atoms with E-state index in [1.54, 1.807) is 9.80 Å². The van der Waals surface area contributed by atoms with Gasteiger partial charge in [0.25, 0.3) is 5.91 Å². The molecule has 2 rings (SSSR count). The second kappa shape index (κ2) is 7.51. The van der Waals surface area contributed by atoms with Gasteiger partial charge in [0.1, 0.15) is 5.82 Å². The number of nitrogens with zero attached hydrogens (tertiary/aromatic N) is 2. The van der Waals surface area contributed by atoms with Crippen molar-refractivity contribution in [1.29, 1.82) is 0 Å². The maximum Gasteiger partial charge on any atom is 0.258 e. The molecule has 1 heterocycles. The van der Waals surface area contributed by atoms with E-state index in [0.717, 1.165) is 0 Å². The molecule has 0 atom stereocenters. The third-order valence-electron chi connectivity index (χ3n) is 3.99. The average Bonchev–Trinajstić information content (AvgIpc) is 2.71. The van der Waals surface area contributed by atoms with E-state index in [9.17, 15) is 14.0 Å². The van der Waals surface area contributed by atoms with Gasteiger partial charge < -0.3 is 9.80 Å². The average molecular weight is 355 g/mol. The number of amides is 2. The number of carbonyl (C=O) groups is 2. The largest absolute Gasteiger partial charge is 0.341 e. The van der Waals surface area contributed by atoms with Gasteiger partial charge in [-0.2, -0.15) is 0 Å². The van der Waals surface area contributed by atoms with Crippen LogP contribution in [-0.2, 0) is 4.79 Å². The molecule has 0 N–H and O–H groups in total. The zero-order valence-corrected chi connectivity index (χ0v) is 15.2. The number of carbonyl (C=O) groups excluding carboxylic acids is 2. The molecule has 1 fully saturated rings. The van der Waals surface area contributed by atoms with Crippen molar-refractivity contribution >= 4 is 23.4 Å². The lowest BCUT2D eigenvalue weighted by Gasteiger charge is -2.26. The maximum absolute atomic E-state index is 14.0. The van der Waals surface area contributed by atoms with Crippen LogP contribution in [-0.4, -0.2) is 47.8 Å². The van der Waals surface area contributed by atoms with Crippen molar-refractivity contribution in [2.45, 2.75) is 33.6 Å². The third kappa shape index (κ3) is 4.69. The molecule has 0 unspecified atom stereocenters. The lowest BCUT2D eigenvalue weighted by molar-refractivity contribution is -0.132. The Bertz CT molecular complexity index is 608. The Morgan fingerprint density at radius 1 is 1.12 bits per heavy atom. The minimum atomic E-state index is -0.614. The van der Waals surface area contributed by atoms with Crippen molar-refractivity contribution in [3.05, 3.63) is 34.6 Å². The normalized spacial score (nSPS) is 16.0. The van der Waals surface area contributed by atoms with Crippen molar-refractivity contribution in [1.82, 2.24) is 9.80 Å². The van der Waals surface area contributed by atoms with Crippen LogP contribution in [0.3, 0.4) is 0 Å². The van der Waals surface area contributed by atoms with E-state index >= 15 is 0 Å². The smallest absolute Gasteiger partial charge is 0.258 e. The van der Waals surface area contributed by atoms with E-state index in [0.29, 0.717) is 39.0 Å². The Balaban J connectivity index is 2.05. The van der Waals surface area contributed by atoms with Crippen LogP contribution < -0.4 is 0 Å². The molecule has 0 bridgehead atoms. The highest BCUT2D eigenvalue weighted by Crippen LogP contribution is 2.23. The first-order chi connectivity index (χ1) is 11.2. The molecule has 4 nitrogen and oxygen atoms in total. The molecule has 132 valence electrons. The first-order valence-electron chi connectivity index (χ1n) is 8.20. The molecule has 1 aromatic rings. The van der Waals surface area contributed by atoms with Crippen LogP contribution >= 0.6 is 11.6 Å². The summed E-state index contributed by atoms with van der Waals surface area (Å²) in [6.07, 6.45) is 1.15. The van der Waals surface area contributed by atoms with Crippen molar-refractivity contribution in [3.8, 4) is 0 Å². The van der Waals surface area contributed by atoms with E-state index in [1.165, 1.54) is 18.2 Å². The Hall–Kier alpha value is -1.62. The van der Waals surface area contributed by atoms with Gasteiger partial charge in [-0.05, 0) is 24.0 Å². The Morgan fingerprint density at radius 2 is 1.75 bits per heavy atom. The zero-order valence-electron chi connectivity index (χ0n) is 14.4. The number of hydrogen-bond donors (Lipinski definition) is 0. The standard InChI is InChI=1S/C18H24ClFN2O2/c1-18(2,3)12-15(23)21-8-5-9-22(11-10-21)17(24)16-13(19)6-4-7-14(16)20/h4,6-7H,5,8-12H2,1-3H3. The molecule has 0 spiro atoms. The molecule has 1 aromatic carbocycles. The van der Waals surface area contributed by atoms with Gasteiger partial charge >= 0.3 is 0 Å². The molecule has 0 saturated carbocycles. The van der Waals surface area contributed by atoms with Crippen LogP contribution in [0.25, 0.3) is 0 Å². The number of rotatable bonds is 2. The van der Waals surface area contributed by atoms with Gasteiger partial charge in [-0.1, -0.05) is 38.4 Å². The summed E-state index contributed by atoms with van der Waals surface area (Å²) in [5, 5.41) is 0.116. The monoisotopic (exact) mass is 354 g/mol. The quantitative estimate of drug-likeness (QED) is 0.814. The van der Waals surface area contributed by atoms with Gasteiger partial charge in [0.05, 0.1) is 10.6 Å². The number of benzene rings is 1. The maximum atomic E-state index is 14.0. The predicted octanol–water partition coefficient (Wildman–Crippen LogP) is 3.59. The first-order valence-corrected chi connectivity index (χ1v) is 8.58. The third-order valence-corrected chi connectivity index (χ3v) is 4.31. The van der Waals surface area contributed by atoms with Gasteiger partial charge in [-0.3, -0.25) is 9.59 Å². The van der Waals surface area contributed by atoms with E-state index in [1.807, 2.05) is 20.8 Å². The van der Waals surface area contributed by atoms with Gasteiger partial charge in [0.2, 0.25) is 5.91 Å². The lowest BCUT2D eigenvalue weighted by atomic mass is 9.91. The van der Waals surface area contributed by atoms with Crippen molar-refractivity contribution in [2.75, 3.05) is 26.2 Å². The van der Waals surface area contributed by atoms with Crippen molar-refractivity contribution in [2.24, 2.45) is 5.41 Å². The molecule has 0 radical (unpaired) electrons. The second-order valence-corrected chi connectivity index (χ2v) is 7.77. The highest BCUT2D eigenvalue weighted by molar-refractivity contribution is 6.33. The minimum Gasteiger partial charge on any atom is -0.341 e. The van der Waals surface area contributed by atoms with E-state index < -0.39 is 11.7 Å². The fourth-order valence-corrected chi connectivity index (χ4v) is 3.04. The number of hydrogen-bond acceptors (Lipinski definition) is 2.